The van der Waals surface area contributed by atoms with Gasteiger partial charge in [-0.05, 0) is 42.5 Å². The van der Waals surface area contributed by atoms with E-state index in [4.69, 9.17) is 5.26 Å². The Balaban J connectivity index is 2.18. The van der Waals surface area contributed by atoms with Crippen LogP contribution in [0.4, 0.5) is 15.8 Å². The molecule has 0 aliphatic heterocycles. The first-order valence-electron chi connectivity index (χ1n) is 4.81. The molecule has 2 nitrogen and oxygen atoms in total. The summed E-state index contributed by atoms with van der Waals surface area (Å²) in [6.45, 7) is 0. The number of rotatable bonds is 2. The Morgan fingerprint density at radius 1 is 1.00 bits per heavy atom. The van der Waals surface area contributed by atoms with Crippen LogP contribution in [0.5, 0.6) is 0 Å². The predicted octanol–water partition coefficient (Wildman–Crippen LogP) is 3.44. The topological polar surface area (TPSA) is 35.8 Å². The molecule has 0 fully saturated rings. The molecule has 0 aliphatic rings. The summed E-state index contributed by atoms with van der Waals surface area (Å²) in [5.74, 6) is -0.279. The zero-order valence-electron chi connectivity index (χ0n) is 8.44. The van der Waals surface area contributed by atoms with Crippen LogP contribution in [0.25, 0.3) is 0 Å². The number of benzene rings is 2. The van der Waals surface area contributed by atoms with E-state index in [0.717, 1.165) is 5.69 Å². The average molecular weight is 212 g/mol. The van der Waals surface area contributed by atoms with E-state index < -0.39 is 0 Å². The molecule has 0 saturated carbocycles. The molecule has 2 aromatic rings. The zero-order chi connectivity index (χ0) is 11.4. The predicted molar refractivity (Wildman–Crippen MR) is 60.8 cm³/mol. The van der Waals surface area contributed by atoms with Gasteiger partial charge in [0.1, 0.15) is 5.82 Å². The third-order valence-electron chi connectivity index (χ3n) is 2.13. The average Bonchev–Trinajstić information content (AvgIpc) is 2.30. The molecule has 0 atom stereocenters. The standard InChI is InChI=1S/C13H9FN2/c14-11-2-1-3-13(8-11)16-12-6-4-10(9-15)5-7-12/h1-8,16H. The van der Waals surface area contributed by atoms with E-state index in [1.54, 1.807) is 36.4 Å². The third-order valence-corrected chi connectivity index (χ3v) is 2.13. The van der Waals surface area contributed by atoms with Gasteiger partial charge in [-0.15, -0.1) is 0 Å². The Bertz CT molecular complexity index is 526. The van der Waals surface area contributed by atoms with Crippen molar-refractivity contribution in [1.82, 2.24) is 0 Å². The lowest BCUT2D eigenvalue weighted by Crippen LogP contribution is -1.90. The summed E-state index contributed by atoms with van der Waals surface area (Å²) < 4.78 is 12.9. The van der Waals surface area contributed by atoms with E-state index in [1.807, 2.05) is 6.07 Å². The van der Waals surface area contributed by atoms with Crippen LogP contribution < -0.4 is 5.32 Å². The highest BCUT2D eigenvalue weighted by Crippen LogP contribution is 2.17. The lowest BCUT2D eigenvalue weighted by atomic mass is 10.2. The summed E-state index contributed by atoms with van der Waals surface area (Å²) >= 11 is 0. The summed E-state index contributed by atoms with van der Waals surface area (Å²) in [7, 11) is 0. The van der Waals surface area contributed by atoms with Crippen molar-refractivity contribution in [3.8, 4) is 6.07 Å². The largest absolute Gasteiger partial charge is 0.355 e. The maximum absolute atomic E-state index is 12.9. The minimum Gasteiger partial charge on any atom is -0.355 e. The van der Waals surface area contributed by atoms with Gasteiger partial charge < -0.3 is 5.32 Å². The minimum atomic E-state index is -0.279. The molecule has 78 valence electrons. The third kappa shape index (κ3) is 2.37. The van der Waals surface area contributed by atoms with Crippen LogP contribution in [-0.4, -0.2) is 0 Å². The first kappa shape index (κ1) is 10.2. The summed E-state index contributed by atoms with van der Waals surface area (Å²) in [6, 6.07) is 15.2. The Morgan fingerprint density at radius 2 is 1.75 bits per heavy atom. The molecule has 0 amide bonds. The highest BCUT2D eigenvalue weighted by molar-refractivity contribution is 5.60. The Kier molecular flexibility index (Phi) is 2.84. The van der Waals surface area contributed by atoms with Gasteiger partial charge in [0.25, 0.3) is 0 Å². The maximum Gasteiger partial charge on any atom is 0.125 e. The van der Waals surface area contributed by atoms with Crippen molar-refractivity contribution in [3.05, 3.63) is 59.9 Å². The fourth-order valence-electron chi connectivity index (χ4n) is 1.36. The molecule has 0 aromatic heterocycles. The molecule has 0 radical (unpaired) electrons. The highest BCUT2D eigenvalue weighted by Gasteiger charge is 1.96. The second-order valence-electron chi connectivity index (χ2n) is 3.32. The van der Waals surface area contributed by atoms with Gasteiger partial charge >= 0.3 is 0 Å². The number of halogens is 1. The molecule has 0 unspecified atom stereocenters. The Hall–Kier alpha value is -2.34. The molecule has 3 heteroatoms. The molecule has 0 saturated heterocycles. The van der Waals surface area contributed by atoms with Crippen molar-refractivity contribution < 1.29 is 4.39 Å². The second kappa shape index (κ2) is 4.45. The normalized spacial score (nSPS) is 9.50. The van der Waals surface area contributed by atoms with E-state index >= 15 is 0 Å². The fourth-order valence-corrected chi connectivity index (χ4v) is 1.36. The lowest BCUT2D eigenvalue weighted by molar-refractivity contribution is 0.628. The molecular formula is C13H9FN2. The molecule has 0 spiro atoms. The monoisotopic (exact) mass is 212 g/mol. The van der Waals surface area contributed by atoms with Gasteiger partial charge in [-0.1, -0.05) is 6.07 Å². The molecule has 2 rings (SSSR count). The van der Waals surface area contributed by atoms with Crippen molar-refractivity contribution in [2.45, 2.75) is 0 Å². The van der Waals surface area contributed by atoms with Crippen molar-refractivity contribution in [2.75, 3.05) is 5.32 Å². The fraction of sp³-hybridized carbons (Fsp3) is 0. The number of hydrogen-bond acceptors (Lipinski definition) is 2. The zero-order valence-corrected chi connectivity index (χ0v) is 8.44. The van der Waals surface area contributed by atoms with Crippen LogP contribution in [0.3, 0.4) is 0 Å². The number of nitriles is 1. The van der Waals surface area contributed by atoms with Crippen LogP contribution in [0.15, 0.2) is 48.5 Å². The number of hydrogen-bond donors (Lipinski definition) is 1. The van der Waals surface area contributed by atoms with Crippen molar-refractivity contribution in [1.29, 1.82) is 5.26 Å². The van der Waals surface area contributed by atoms with E-state index in [-0.39, 0.29) is 5.82 Å². The van der Waals surface area contributed by atoms with E-state index in [2.05, 4.69) is 5.32 Å². The molecule has 1 N–H and O–H groups in total. The summed E-state index contributed by atoms with van der Waals surface area (Å²) in [4.78, 5) is 0. The SMILES string of the molecule is N#Cc1ccc(Nc2cccc(F)c2)cc1. The summed E-state index contributed by atoms with van der Waals surface area (Å²) in [5.41, 5.74) is 2.11. The molecule has 0 aliphatic carbocycles. The highest BCUT2D eigenvalue weighted by atomic mass is 19.1. The minimum absolute atomic E-state index is 0.279. The van der Waals surface area contributed by atoms with Crippen molar-refractivity contribution >= 4 is 11.4 Å². The number of anilines is 2. The van der Waals surface area contributed by atoms with Crippen LogP contribution in [0.2, 0.25) is 0 Å². The van der Waals surface area contributed by atoms with E-state index in [9.17, 15) is 4.39 Å². The van der Waals surface area contributed by atoms with Crippen LogP contribution in [-0.2, 0) is 0 Å². The van der Waals surface area contributed by atoms with Crippen LogP contribution in [0.1, 0.15) is 5.56 Å². The van der Waals surface area contributed by atoms with Crippen LogP contribution in [0, 0.1) is 17.1 Å². The summed E-state index contributed by atoms with van der Waals surface area (Å²) in [6.07, 6.45) is 0. The molecule has 2 aromatic carbocycles. The first-order chi connectivity index (χ1) is 7.78. The Morgan fingerprint density at radius 3 is 2.38 bits per heavy atom. The van der Waals surface area contributed by atoms with Crippen molar-refractivity contribution in [3.63, 3.8) is 0 Å². The lowest BCUT2D eigenvalue weighted by Gasteiger charge is -2.05. The van der Waals surface area contributed by atoms with Gasteiger partial charge in [0.2, 0.25) is 0 Å². The van der Waals surface area contributed by atoms with Gasteiger partial charge in [-0.3, -0.25) is 0 Å². The van der Waals surface area contributed by atoms with E-state index in [0.29, 0.717) is 11.3 Å². The second-order valence-corrected chi connectivity index (χ2v) is 3.32. The van der Waals surface area contributed by atoms with Crippen LogP contribution >= 0.6 is 0 Å². The quantitative estimate of drug-likeness (QED) is 0.827. The van der Waals surface area contributed by atoms with Gasteiger partial charge in [0, 0.05) is 11.4 Å². The first-order valence-corrected chi connectivity index (χ1v) is 4.81. The van der Waals surface area contributed by atoms with E-state index in [1.165, 1.54) is 12.1 Å². The smallest absolute Gasteiger partial charge is 0.125 e. The van der Waals surface area contributed by atoms with Gasteiger partial charge in [0.15, 0.2) is 0 Å². The molecular weight excluding hydrogens is 203 g/mol. The number of nitrogens with zero attached hydrogens (tertiary/aromatic N) is 1. The van der Waals surface area contributed by atoms with Gasteiger partial charge in [-0.25, -0.2) is 4.39 Å². The summed E-state index contributed by atoms with van der Waals surface area (Å²) in [5, 5.41) is 11.7. The maximum atomic E-state index is 12.9. The van der Waals surface area contributed by atoms with Gasteiger partial charge in [0.05, 0.1) is 11.6 Å². The molecule has 16 heavy (non-hydrogen) atoms. The molecule has 0 heterocycles. The van der Waals surface area contributed by atoms with Crippen molar-refractivity contribution in [2.24, 2.45) is 0 Å². The molecule has 0 bridgehead atoms. The Labute approximate surface area is 93.0 Å². The van der Waals surface area contributed by atoms with Gasteiger partial charge in [-0.2, -0.15) is 5.26 Å². The number of nitrogens with one attached hydrogen (secondary N) is 1.